The zero-order chi connectivity index (χ0) is 12.8. The molecule has 0 saturated heterocycles. The van der Waals surface area contributed by atoms with Gasteiger partial charge in [0.1, 0.15) is 5.78 Å². The number of Topliss-reactive ketones (excluding diaryl/α,β-unsaturated/α-hetero) is 2. The molecule has 0 bridgehead atoms. The predicted molar refractivity (Wildman–Crippen MR) is 75.3 cm³/mol. The van der Waals surface area contributed by atoms with E-state index >= 15 is 0 Å². The average molecular weight is 362 g/mol. The maximum atomic E-state index is 11.9. The third-order valence-electron chi connectivity index (χ3n) is 2.40. The summed E-state index contributed by atoms with van der Waals surface area (Å²) in [6, 6.07) is 5.38. The van der Waals surface area contributed by atoms with Crippen LogP contribution in [0.15, 0.2) is 27.1 Å². The van der Waals surface area contributed by atoms with Gasteiger partial charge in [-0.1, -0.05) is 45.2 Å². The summed E-state index contributed by atoms with van der Waals surface area (Å²) in [5, 5.41) is 0. The number of ketones is 2. The van der Waals surface area contributed by atoms with Crippen molar-refractivity contribution in [3.8, 4) is 0 Å². The number of unbranched alkanes of at least 4 members (excludes halogenated alkanes) is 1. The average Bonchev–Trinajstić information content (AvgIpc) is 2.29. The van der Waals surface area contributed by atoms with E-state index in [2.05, 4.69) is 31.9 Å². The predicted octanol–water partition coefficient (Wildman–Crippen LogP) is 4.54. The number of halogens is 2. The molecule has 0 atom stereocenters. The van der Waals surface area contributed by atoms with Crippen molar-refractivity contribution in [3.63, 3.8) is 0 Å². The van der Waals surface area contributed by atoms with E-state index in [1.807, 2.05) is 13.0 Å². The van der Waals surface area contributed by atoms with Crippen LogP contribution < -0.4 is 0 Å². The Bertz CT molecular complexity index is 427. The van der Waals surface area contributed by atoms with Crippen molar-refractivity contribution in [2.24, 2.45) is 0 Å². The van der Waals surface area contributed by atoms with Crippen molar-refractivity contribution in [2.75, 3.05) is 0 Å². The van der Waals surface area contributed by atoms with Gasteiger partial charge in [-0.2, -0.15) is 0 Å². The van der Waals surface area contributed by atoms with Gasteiger partial charge in [0.25, 0.3) is 0 Å². The van der Waals surface area contributed by atoms with Gasteiger partial charge in [0.15, 0.2) is 5.78 Å². The Labute approximate surface area is 118 Å². The van der Waals surface area contributed by atoms with Crippen molar-refractivity contribution in [1.29, 1.82) is 0 Å². The molecule has 0 heterocycles. The summed E-state index contributed by atoms with van der Waals surface area (Å²) in [5.74, 6) is -0.108. The summed E-state index contributed by atoms with van der Waals surface area (Å²) in [5.41, 5.74) is 0.559. The van der Waals surface area contributed by atoms with Crippen LogP contribution >= 0.6 is 31.9 Å². The van der Waals surface area contributed by atoms with E-state index in [9.17, 15) is 9.59 Å². The molecule has 0 aliphatic carbocycles. The van der Waals surface area contributed by atoms with Crippen LogP contribution in [-0.2, 0) is 4.79 Å². The van der Waals surface area contributed by atoms with Crippen molar-refractivity contribution in [3.05, 3.63) is 32.7 Å². The molecule has 0 spiro atoms. The number of carbonyl (C=O) groups is 2. The largest absolute Gasteiger partial charge is 0.299 e. The number of benzene rings is 1. The Morgan fingerprint density at radius 2 is 1.94 bits per heavy atom. The molecule has 0 unspecified atom stereocenters. The van der Waals surface area contributed by atoms with E-state index in [1.165, 1.54) is 0 Å². The quantitative estimate of drug-likeness (QED) is 0.550. The molecule has 0 N–H and O–H groups in total. The van der Waals surface area contributed by atoms with Crippen LogP contribution in [0, 0.1) is 0 Å². The lowest BCUT2D eigenvalue weighted by Gasteiger charge is -2.04. The molecule has 17 heavy (non-hydrogen) atoms. The van der Waals surface area contributed by atoms with Gasteiger partial charge in [-0.25, -0.2) is 0 Å². The van der Waals surface area contributed by atoms with Crippen LogP contribution in [0.4, 0.5) is 0 Å². The molecule has 0 fully saturated rings. The van der Waals surface area contributed by atoms with Crippen molar-refractivity contribution in [2.45, 2.75) is 32.6 Å². The highest BCUT2D eigenvalue weighted by Gasteiger charge is 2.14. The first-order valence-electron chi connectivity index (χ1n) is 5.54. The van der Waals surface area contributed by atoms with E-state index in [0.29, 0.717) is 12.0 Å². The fourth-order valence-electron chi connectivity index (χ4n) is 1.45. The maximum Gasteiger partial charge on any atom is 0.171 e. The lowest BCUT2D eigenvalue weighted by atomic mass is 10.0. The zero-order valence-electron chi connectivity index (χ0n) is 9.63. The van der Waals surface area contributed by atoms with Crippen LogP contribution in [-0.4, -0.2) is 11.6 Å². The third-order valence-corrected chi connectivity index (χ3v) is 3.58. The first-order valence-corrected chi connectivity index (χ1v) is 7.13. The molecule has 0 aliphatic heterocycles. The van der Waals surface area contributed by atoms with Crippen LogP contribution in [0.3, 0.4) is 0 Å². The van der Waals surface area contributed by atoms with Crippen LogP contribution in [0.5, 0.6) is 0 Å². The van der Waals surface area contributed by atoms with Crippen LogP contribution in [0.25, 0.3) is 0 Å². The summed E-state index contributed by atoms with van der Waals surface area (Å²) in [6.45, 7) is 2.03. The minimum atomic E-state index is -0.126. The lowest BCUT2D eigenvalue weighted by Crippen LogP contribution is -2.08. The molecule has 4 heteroatoms. The molecule has 92 valence electrons. The van der Waals surface area contributed by atoms with E-state index in [-0.39, 0.29) is 18.0 Å². The lowest BCUT2D eigenvalue weighted by molar-refractivity contribution is -0.118. The van der Waals surface area contributed by atoms with Gasteiger partial charge in [-0.15, -0.1) is 0 Å². The Balaban J connectivity index is 2.69. The third kappa shape index (κ3) is 4.72. The summed E-state index contributed by atoms with van der Waals surface area (Å²) in [4.78, 5) is 23.5. The summed E-state index contributed by atoms with van der Waals surface area (Å²) in [6.07, 6.45) is 2.31. The van der Waals surface area contributed by atoms with E-state index in [0.717, 1.165) is 21.8 Å². The minimum absolute atomic E-state index is 0.00491. The Morgan fingerprint density at radius 1 is 1.24 bits per heavy atom. The van der Waals surface area contributed by atoms with Crippen molar-refractivity contribution in [1.82, 2.24) is 0 Å². The Hall–Kier alpha value is -0.480. The second kappa shape index (κ2) is 7.07. The monoisotopic (exact) mass is 360 g/mol. The standard InChI is InChI=1S/C13H14Br2O2/c1-2-3-4-10(16)8-13(17)11-7-9(14)5-6-12(11)15/h5-7H,2-4,8H2,1H3. The molecule has 0 amide bonds. The highest BCUT2D eigenvalue weighted by atomic mass is 79.9. The van der Waals surface area contributed by atoms with Crippen molar-refractivity contribution < 1.29 is 9.59 Å². The van der Waals surface area contributed by atoms with Crippen LogP contribution in [0.1, 0.15) is 43.0 Å². The maximum absolute atomic E-state index is 11.9. The van der Waals surface area contributed by atoms with E-state index in [4.69, 9.17) is 0 Å². The van der Waals surface area contributed by atoms with E-state index in [1.54, 1.807) is 12.1 Å². The molecular weight excluding hydrogens is 348 g/mol. The SMILES string of the molecule is CCCCC(=O)CC(=O)c1cc(Br)ccc1Br. The molecule has 1 aromatic rings. The molecular formula is C13H14Br2O2. The molecule has 1 aromatic carbocycles. The number of carbonyl (C=O) groups excluding carboxylic acids is 2. The van der Waals surface area contributed by atoms with Gasteiger partial charge in [0, 0.05) is 20.9 Å². The topological polar surface area (TPSA) is 34.1 Å². The molecule has 1 rings (SSSR count). The Morgan fingerprint density at radius 3 is 2.59 bits per heavy atom. The number of hydrogen-bond donors (Lipinski definition) is 0. The molecule has 0 aliphatic rings. The highest BCUT2D eigenvalue weighted by Crippen LogP contribution is 2.23. The highest BCUT2D eigenvalue weighted by molar-refractivity contribution is 9.11. The molecule has 0 saturated carbocycles. The zero-order valence-corrected chi connectivity index (χ0v) is 12.8. The van der Waals surface area contributed by atoms with Gasteiger partial charge >= 0.3 is 0 Å². The first kappa shape index (κ1) is 14.6. The van der Waals surface area contributed by atoms with Gasteiger partial charge in [0.05, 0.1) is 6.42 Å². The van der Waals surface area contributed by atoms with Gasteiger partial charge in [-0.3, -0.25) is 9.59 Å². The summed E-state index contributed by atoms with van der Waals surface area (Å²) >= 11 is 6.64. The summed E-state index contributed by atoms with van der Waals surface area (Å²) in [7, 11) is 0. The van der Waals surface area contributed by atoms with Crippen molar-refractivity contribution >= 4 is 43.4 Å². The number of rotatable bonds is 6. The second-order valence-electron chi connectivity index (χ2n) is 3.87. The fraction of sp³-hybridized carbons (Fsp3) is 0.385. The smallest absolute Gasteiger partial charge is 0.171 e. The second-order valence-corrected chi connectivity index (χ2v) is 5.64. The van der Waals surface area contributed by atoms with Gasteiger partial charge in [0.2, 0.25) is 0 Å². The Kier molecular flexibility index (Phi) is 6.06. The molecule has 0 aromatic heterocycles. The molecule has 2 nitrogen and oxygen atoms in total. The van der Waals surface area contributed by atoms with Gasteiger partial charge < -0.3 is 0 Å². The normalized spacial score (nSPS) is 10.3. The first-order chi connectivity index (χ1) is 8.04. The minimum Gasteiger partial charge on any atom is -0.299 e. The summed E-state index contributed by atoms with van der Waals surface area (Å²) < 4.78 is 1.57. The fourth-order valence-corrected chi connectivity index (χ4v) is 2.28. The molecule has 0 radical (unpaired) electrons. The van der Waals surface area contributed by atoms with Gasteiger partial charge in [-0.05, 0) is 24.6 Å². The van der Waals surface area contributed by atoms with E-state index < -0.39 is 0 Å². The van der Waals surface area contributed by atoms with Crippen LogP contribution in [0.2, 0.25) is 0 Å². The number of hydrogen-bond acceptors (Lipinski definition) is 2.